The van der Waals surface area contributed by atoms with E-state index >= 15 is 0 Å². The van der Waals surface area contributed by atoms with Crippen molar-refractivity contribution in [1.29, 1.82) is 0 Å². The molecule has 0 aromatic rings. The van der Waals surface area contributed by atoms with Crippen molar-refractivity contribution in [2.24, 2.45) is 34.5 Å². The molecule has 3 N–H and O–H groups in total. The summed E-state index contributed by atoms with van der Waals surface area (Å²) in [5.41, 5.74) is -8.02. The molecule has 4 aliphatic heterocycles. The van der Waals surface area contributed by atoms with Gasteiger partial charge in [-0.3, -0.25) is 14.4 Å². The highest BCUT2D eigenvalue weighted by atomic mass is 16.7. The molecule has 0 aromatic heterocycles. The minimum Gasteiger partial charge on any atom is -0.458 e. The van der Waals surface area contributed by atoms with E-state index in [1.807, 2.05) is 0 Å². The van der Waals surface area contributed by atoms with E-state index in [1.54, 1.807) is 32.9 Å². The summed E-state index contributed by atoms with van der Waals surface area (Å²) in [6.07, 6.45) is 2.64. The number of rotatable bonds is 0. The van der Waals surface area contributed by atoms with Gasteiger partial charge >= 0.3 is 11.9 Å². The zero-order valence-electron chi connectivity index (χ0n) is 21.7. The lowest BCUT2D eigenvalue weighted by Crippen LogP contribution is -2.78. The van der Waals surface area contributed by atoms with E-state index in [-0.39, 0.29) is 31.5 Å². The van der Waals surface area contributed by atoms with Gasteiger partial charge in [0.05, 0.1) is 29.3 Å². The van der Waals surface area contributed by atoms with Crippen molar-refractivity contribution in [1.82, 2.24) is 0 Å². The molecule has 3 aliphatic carbocycles. The molecule has 5 fully saturated rings. The van der Waals surface area contributed by atoms with Gasteiger partial charge in [0.1, 0.15) is 11.9 Å². The minimum atomic E-state index is -2.67. The highest BCUT2D eigenvalue weighted by Gasteiger charge is 2.92. The first-order valence-corrected chi connectivity index (χ1v) is 13.4. The zero-order chi connectivity index (χ0) is 27.4. The fourth-order valence-electron chi connectivity index (χ4n) is 9.48. The van der Waals surface area contributed by atoms with Gasteiger partial charge in [0, 0.05) is 6.42 Å². The first-order chi connectivity index (χ1) is 17.6. The van der Waals surface area contributed by atoms with Crippen LogP contribution < -0.4 is 0 Å². The van der Waals surface area contributed by atoms with Gasteiger partial charge in [-0.15, -0.1) is 0 Å². The summed E-state index contributed by atoms with van der Waals surface area (Å²) in [6, 6.07) is 0. The van der Waals surface area contributed by atoms with Crippen molar-refractivity contribution in [2.45, 2.75) is 88.2 Å². The Balaban J connectivity index is 1.52. The van der Waals surface area contributed by atoms with Gasteiger partial charge in [0.2, 0.25) is 5.79 Å². The molecular weight excluding hydrogens is 496 g/mol. The van der Waals surface area contributed by atoms with E-state index in [4.69, 9.17) is 14.2 Å². The topological polar surface area (TPSA) is 157 Å². The van der Waals surface area contributed by atoms with Crippen molar-refractivity contribution in [2.75, 3.05) is 0 Å². The lowest BCUT2D eigenvalue weighted by atomic mass is 9.46. The Kier molecular flexibility index (Phi) is 4.31. The van der Waals surface area contributed by atoms with Crippen molar-refractivity contribution in [3.8, 4) is 0 Å². The SMILES string of the molecule is C[C@@H]1C(=O)O[C@@H]2C[C@@]1(C)C1C(=O)C3(O)O[C@@]14[C@@](O)(CCC1[C@H]3[C@H](O)C=C3C=CCC(=O)[C@@]31C)C(=O)O[C@@]24C. The van der Waals surface area contributed by atoms with Crippen LogP contribution in [0.5, 0.6) is 0 Å². The van der Waals surface area contributed by atoms with Crippen LogP contribution in [0.3, 0.4) is 0 Å². The Morgan fingerprint density at radius 3 is 2.50 bits per heavy atom. The second kappa shape index (κ2) is 6.66. The normalized spacial score (nSPS) is 58.1. The number of hydrogen-bond acceptors (Lipinski definition) is 10. The van der Waals surface area contributed by atoms with Crippen molar-refractivity contribution in [3.05, 3.63) is 23.8 Å². The van der Waals surface area contributed by atoms with Crippen LogP contribution in [0.4, 0.5) is 0 Å². The Morgan fingerprint density at radius 2 is 1.79 bits per heavy atom. The van der Waals surface area contributed by atoms with Crippen LogP contribution in [-0.4, -0.2) is 73.6 Å². The fraction of sp³-hybridized carbons (Fsp3) is 0.714. The van der Waals surface area contributed by atoms with Gasteiger partial charge in [-0.2, -0.15) is 0 Å². The second-order valence-electron chi connectivity index (χ2n) is 13.1. The third kappa shape index (κ3) is 2.19. The first-order valence-electron chi connectivity index (χ1n) is 13.4. The highest BCUT2D eigenvalue weighted by molar-refractivity contribution is 5.99. The van der Waals surface area contributed by atoms with Crippen LogP contribution in [-0.2, 0) is 33.4 Å². The van der Waals surface area contributed by atoms with E-state index in [0.29, 0.717) is 5.57 Å². The Labute approximate surface area is 219 Å². The van der Waals surface area contributed by atoms with E-state index < -0.39 is 87.0 Å². The molecule has 3 unspecified atom stereocenters. The zero-order valence-corrected chi connectivity index (χ0v) is 21.7. The Hall–Kier alpha value is -2.40. The molecule has 38 heavy (non-hydrogen) atoms. The molecular formula is C28H32O10. The van der Waals surface area contributed by atoms with Gasteiger partial charge < -0.3 is 29.5 Å². The second-order valence-corrected chi connectivity index (χ2v) is 13.1. The molecule has 1 saturated carbocycles. The monoisotopic (exact) mass is 528 g/mol. The third-order valence-corrected chi connectivity index (χ3v) is 11.8. The summed E-state index contributed by atoms with van der Waals surface area (Å²) in [5, 5.41) is 36.1. The number of carbonyl (C=O) groups excluding carboxylic acids is 4. The number of carbonyl (C=O) groups is 4. The molecule has 10 heteroatoms. The number of aliphatic hydroxyl groups excluding tert-OH is 1. The molecule has 204 valence electrons. The van der Waals surface area contributed by atoms with E-state index in [9.17, 15) is 34.5 Å². The summed E-state index contributed by atoms with van der Waals surface area (Å²) in [7, 11) is 0. The summed E-state index contributed by atoms with van der Waals surface area (Å²) >= 11 is 0. The average molecular weight is 529 g/mol. The Bertz CT molecular complexity index is 1300. The first kappa shape index (κ1) is 24.6. The Morgan fingerprint density at radius 1 is 1.08 bits per heavy atom. The maximum Gasteiger partial charge on any atom is 0.342 e. The number of Topliss-reactive ketones (excluding diaryl/α,β-unsaturated/α-hetero) is 2. The van der Waals surface area contributed by atoms with Crippen LogP contribution in [0.15, 0.2) is 23.8 Å². The summed E-state index contributed by atoms with van der Waals surface area (Å²) in [4.78, 5) is 54.6. The third-order valence-electron chi connectivity index (χ3n) is 11.8. The van der Waals surface area contributed by atoms with Crippen LogP contribution in [0.25, 0.3) is 0 Å². The molecule has 0 aromatic carbocycles. The number of allylic oxidation sites excluding steroid dienone is 3. The van der Waals surface area contributed by atoms with Gasteiger partial charge in [0.25, 0.3) is 0 Å². The molecule has 7 aliphatic rings. The predicted molar refractivity (Wildman–Crippen MR) is 126 cm³/mol. The molecule has 10 nitrogen and oxygen atoms in total. The quantitative estimate of drug-likeness (QED) is 0.379. The maximum atomic E-state index is 14.6. The number of aliphatic hydroxyl groups is 3. The minimum absolute atomic E-state index is 0.0287. The molecule has 0 amide bonds. The number of ketones is 2. The lowest BCUT2D eigenvalue weighted by molar-refractivity contribution is -0.350. The highest BCUT2D eigenvalue weighted by Crippen LogP contribution is 2.73. The fourth-order valence-corrected chi connectivity index (χ4v) is 9.48. The van der Waals surface area contributed by atoms with Crippen molar-refractivity contribution in [3.63, 3.8) is 0 Å². The summed E-state index contributed by atoms with van der Waals surface area (Å²) in [5.74, 6) is -9.49. The molecule has 0 radical (unpaired) electrons. The van der Waals surface area contributed by atoms with E-state index in [2.05, 4.69) is 0 Å². The standard InChI is InChI=1S/C28H32O10/c1-12-21(32)36-17-11-23(12,2)19-20(31)27(35)18-14(24(3)13(10-15(18)29)6-5-7-16(24)30)8-9-26(34)22(33)37-25(17,4)28(19,26)38-27/h5-6,10,12,14-15,17-19,29,34-35H,7-9,11H2,1-4H3/t12-,14?,15-,17-,18+,19?,23-,24+,25+,26-,27?,28+/m1/s1. The number of fused-ring (bicyclic) bond motifs is 9. The molecule has 12 atom stereocenters. The maximum absolute atomic E-state index is 14.6. The number of ether oxygens (including phenoxy) is 3. The van der Waals surface area contributed by atoms with Crippen LogP contribution in [0, 0.1) is 34.5 Å². The van der Waals surface area contributed by atoms with Gasteiger partial charge in [-0.25, -0.2) is 4.79 Å². The van der Waals surface area contributed by atoms with Crippen molar-refractivity contribution >= 4 is 23.5 Å². The molecule has 7 rings (SSSR count). The average Bonchev–Trinajstić information content (AvgIpc) is 3.19. The van der Waals surface area contributed by atoms with E-state index in [1.165, 1.54) is 13.0 Å². The molecule has 4 saturated heterocycles. The van der Waals surface area contributed by atoms with E-state index in [0.717, 1.165) is 0 Å². The lowest BCUT2D eigenvalue weighted by Gasteiger charge is -2.61. The number of hydrogen-bond donors (Lipinski definition) is 3. The smallest absolute Gasteiger partial charge is 0.342 e. The van der Waals surface area contributed by atoms with Crippen LogP contribution in [0.1, 0.15) is 53.4 Å². The van der Waals surface area contributed by atoms with Crippen LogP contribution in [0.2, 0.25) is 0 Å². The summed E-state index contributed by atoms with van der Waals surface area (Å²) < 4.78 is 18.0. The number of esters is 2. The van der Waals surface area contributed by atoms with Crippen molar-refractivity contribution < 1.29 is 48.7 Å². The largest absolute Gasteiger partial charge is 0.458 e. The summed E-state index contributed by atoms with van der Waals surface area (Å²) in [6.45, 7) is 6.53. The van der Waals surface area contributed by atoms with Gasteiger partial charge in [0.15, 0.2) is 22.6 Å². The predicted octanol–water partition coefficient (Wildman–Crippen LogP) is 0.510. The molecule has 4 bridgehead atoms. The molecule has 1 spiro atoms. The van der Waals surface area contributed by atoms with Gasteiger partial charge in [-0.1, -0.05) is 32.1 Å². The van der Waals surface area contributed by atoms with Gasteiger partial charge in [-0.05, 0) is 50.0 Å². The molecule has 4 heterocycles. The van der Waals surface area contributed by atoms with Crippen LogP contribution >= 0.6 is 0 Å².